The van der Waals surface area contributed by atoms with Gasteiger partial charge >= 0.3 is 6.36 Å². The molecule has 1 nitrogen and oxygen atoms in total. The minimum absolute atomic E-state index is 0.172. The first-order chi connectivity index (χ1) is 13.8. The summed E-state index contributed by atoms with van der Waals surface area (Å²) >= 11 is 0. The van der Waals surface area contributed by atoms with Gasteiger partial charge in [0, 0.05) is 8.80 Å². The van der Waals surface area contributed by atoms with Gasteiger partial charge in [0.05, 0.1) is 5.56 Å². The molecule has 1 aliphatic heterocycles. The highest BCUT2D eigenvalue weighted by Gasteiger charge is 2.31. The van der Waals surface area contributed by atoms with Gasteiger partial charge in [-0.2, -0.15) is 0 Å². The van der Waals surface area contributed by atoms with Crippen molar-refractivity contribution in [3.8, 4) is 16.9 Å². The van der Waals surface area contributed by atoms with E-state index >= 15 is 0 Å². The van der Waals surface area contributed by atoms with Crippen LogP contribution in [0.15, 0.2) is 36.4 Å². The van der Waals surface area contributed by atoms with Gasteiger partial charge in [0.25, 0.3) is 0 Å². The molecule has 1 radical (unpaired) electrons. The largest absolute Gasteiger partial charge is 0.573 e. The highest BCUT2D eigenvalue weighted by molar-refractivity contribution is 6.59. The average Bonchev–Trinajstić information content (AvgIpc) is 2.66. The van der Waals surface area contributed by atoms with Gasteiger partial charge in [-0.15, -0.1) is 13.2 Å². The lowest BCUT2D eigenvalue weighted by Crippen LogP contribution is -2.20. The molecule has 0 amide bonds. The van der Waals surface area contributed by atoms with Crippen molar-refractivity contribution in [3.63, 3.8) is 0 Å². The molecule has 2 aromatic rings. The summed E-state index contributed by atoms with van der Waals surface area (Å²) in [5, 5.41) is 0. The number of unbranched alkanes of at least 4 members (excludes halogenated alkanes) is 1. The SMILES string of the molecule is CCCC[Si]1CCC(c2cc(F)c(-c3ccc(OC(F)(F)F)cc3)c(F)c2)CC1. The van der Waals surface area contributed by atoms with Crippen molar-refractivity contribution in [1.82, 2.24) is 0 Å². The van der Waals surface area contributed by atoms with Crippen LogP contribution in [0.1, 0.15) is 44.1 Å². The number of hydrogen-bond donors (Lipinski definition) is 0. The number of rotatable bonds is 6. The van der Waals surface area contributed by atoms with Crippen LogP contribution >= 0.6 is 0 Å². The van der Waals surface area contributed by atoms with E-state index < -0.39 is 23.7 Å². The Labute approximate surface area is 169 Å². The molecule has 0 aromatic heterocycles. The maximum absolute atomic E-state index is 14.7. The van der Waals surface area contributed by atoms with E-state index in [-0.39, 0.29) is 25.8 Å². The molecule has 29 heavy (non-hydrogen) atoms. The van der Waals surface area contributed by atoms with Crippen LogP contribution in [0.3, 0.4) is 0 Å². The first kappa shape index (κ1) is 21.8. The van der Waals surface area contributed by atoms with Crippen LogP contribution in [0.5, 0.6) is 5.75 Å². The Morgan fingerprint density at radius 3 is 2.10 bits per heavy atom. The smallest absolute Gasteiger partial charge is 0.406 e. The quantitative estimate of drug-likeness (QED) is 0.339. The first-order valence-corrected chi connectivity index (χ1v) is 12.1. The Kier molecular flexibility index (Phi) is 6.98. The fourth-order valence-electron chi connectivity index (χ4n) is 3.96. The third-order valence-electron chi connectivity index (χ3n) is 5.49. The lowest BCUT2D eigenvalue weighted by atomic mass is 9.91. The Bertz CT molecular complexity index is 788. The van der Waals surface area contributed by atoms with E-state index in [0.717, 1.165) is 25.0 Å². The summed E-state index contributed by atoms with van der Waals surface area (Å²) in [6.45, 7) is 2.19. The molecule has 7 heteroatoms. The molecule has 0 saturated carbocycles. The summed E-state index contributed by atoms with van der Waals surface area (Å²) in [5.74, 6) is -1.63. The Balaban J connectivity index is 1.73. The Morgan fingerprint density at radius 1 is 1.00 bits per heavy atom. The number of alkyl halides is 3. The normalized spacial score (nSPS) is 16.2. The van der Waals surface area contributed by atoms with Crippen LogP contribution in [0.25, 0.3) is 11.1 Å². The van der Waals surface area contributed by atoms with Gasteiger partial charge in [-0.05, 0) is 54.2 Å². The lowest BCUT2D eigenvalue weighted by Gasteiger charge is -2.28. The van der Waals surface area contributed by atoms with Crippen molar-refractivity contribution in [2.24, 2.45) is 0 Å². The van der Waals surface area contributed by atoms with E-state index in [0.29, 0.717) is 5.56 Å². The van der Waals surface area contributed by atoms with Crippen LogP contribution in [0, 0.1) is 11.6 Å². The summed E-state index contributed by atoms with van der Waals surface area (Å²) in [6, 6.07) is 11.0. The zero-order valence-corrected chi connectivity index (χ0v) is 17.3. The van der Waals surface area contributed by atoms with E-state index in [2.05, 4.69) is 11.7 Å². The topological polar surface area (TPSA) is 9.23 Å². The standard InChI is InChI=1S/C22H24F5OSi/c1-2-3-10-29-11-8-15(9-12-29)17-13-19(23)21(20(24)14-17)16-4-6-18(7-5-16)28-22(25,26)27/h4-7,13-15H,2-3,8-12H2,1H3. The molecule has 1 fully saturated rings. The molecule has 2 aromatic carbocycles. The van der Waals surface area contributed by atoms with E-state index in [1.165, 1.54) is 55.2 Å². The fourth-order valence-corrected chi connectivity index (χ4v) is 7.08. The predicted molar refractivity (Wildman–Crippen MR) is 106 cm³/mol. The molecule has 0 N–H and O–H groups in total. The van der Waals surface area contributed by atoms with E-state index in [1.807, 2.05) is 0 Å². The molecular weight excluding hydrogens is 403 g/mol. The zero-order valence-electron chi connectivity index (χ0n) is 16.3. The van der Waals surface area contributed by atoms with E-state index in [1.54, 1.807) is 0 Å². The maximum Gasteiger partial charge on any atom is 0.573 e. The summed E-state index contributed by atoms with van der Waals surface area (Å²) in [7, 11) is -0.317. The molecule has 0 unspecified atom stereocenters. The van der Waals surface area contributed by atoms with Gasteiger partial charge in [0.2, 0.25) is 0 Å². The Morgan fingerprint density at radius 2 is 1.59 bits per heavy atom. The molecule has 1 saturated heterocycles. The van der Waals surface area contributed by atoms with Gasteiger partial charge < -0.3 is 4.74 Å². The van der Waals surface area contributed by atoms with Crippen molar-refractivity contribution < 1.29 is 26.7 Å². The van der Waals surface area contributed by atoms with Crippen molar-refractivity contribution in [1.29, 1.82) is 0 Å². The average molecular weight is 428 g/mol. The predicted octanol–water partition coefficient (Wildman–Crippen LogP) is 7.70. The fraction of sp³-hybridized carbons (Fsp3) is 0.455. The Hall–Kier alpha value is -1.89. The van der Waals surface area contributed by atoms with Crippen LogP contribution in [0.2, 0.25) is 18.1 Å². The van der Waals surface area contributed by atoms with Crippen LogP contribution in [0.4, 0.5) is 22.0 Å². The summed E-state index contributed by atoms with van der Waals surface area (Å²) in [4.78, 5) is 0. The molecule has 1 aliphatic rings. The second kappa shape index (κ2) is 9.28. The summed E-state index contributed by atoms with van der Waals surface area (Å²) < 4.78 is 70.0. The highest BCUT2D eigenvalue weighted by Crippen LogP contribution is 2.38. The second-order valence-corrected chi connectivity index (χ2v) is 10.6. The summed E-state index contributed by atoms with van der Waals surface area (Å²) in [6.07, 6.45) is -0.390. The third-order valence-corrected chi connectivity index (χ3v) is 8.54. The molecule has 0 aliphatic carbocycles. The monoisotopic (exact) mass is 427 g/mol. The van der Waals surface area contributed by atoms with Gasteiger partial charge in [0.1, 0.15) is 17.4 Å². The van der Waals surface area contributed by atoms with Crippen molar-refractivity contribution in [2.75, 3.05) is 0 Å². The number of halogens is 5. The third kappa shape index (κ3) is 5.81. The first-order valence-electron chi connectivity index (χ1n) is 9.95. The number of ether oxygens (including phenoxy) is 1. The van der Waals surface area contributed by atoms with E-state index in [4.69, 9.17) is 0 Å². The van der Waals surface area contributed by atoms with Crippen molar-refractivity contribution >= 4 is 8.80 Å². The molecule has 1 heterocycles. The van der Waals surface area contributed by atoms with Crippen molar-refractivity contribution in [3.05, 3.63) is 53.6 Å². The van der Waals surface area contributed by atoms with Crippen LogP contribution in [-0.2, 0) is 0 Å². The van der Waals surface area contributed by atoms with Crippen LogP contribution < -0.4 is 4.74 Å². The maximum atomic E-state index is 14.7. The number of hydrogen-bond acceptors (Lipinski definition) is 1. The van der Waals surface area contributed by atoms with Gasteiger partial charge in [-0.25, -0.2) is 8.78 Å². The highest BCUT2D eigenvalue weighted by atomic mass is 28.3. The molecule has 3 rings (SSSR count). The van der Waals surface area contributed by atoms with E-state index in [9.17, 15) is 22.0 Å². The lowest BCUT2D eigenvalue weighted by molar-refractivity contribution is -0.274. The van der Waals surface area contributed by atoms with Crippen LogP contribution in [-0.4, -0.2) is 15.2 Å². The number of benzene rings is 2. The molecule has 157 valence electrons. The minimum Gasteiger partial charge on any atom is -0.406 e. The van der Waals surface area contributed by atoms with Gasteiger partial charge in [-0.3, -0.25) is 0 Å². The summed E-state index contributed by atoms with van der Waals surface area (Å²) in [5.41, 5.74) is 0.628. The second-order valence-electron chi connectivity index (χ2n) is 7.56. The molecule has 0 spiro atoms. The minimum atomic E-state index is -4.81. The molecule has 0 bridgehead atoms. The van der Waals surface area contributed by atoms with Gasteiger partial charge in [0.15, 0.2) is 0 Å². The van der Waals surface area contributed by atoms with Crippen molar-refractivity contribution in [2.45, 2.75) is 63.0 Å². The molecular formula is C22H24F5OSi. The zero-order chi connectivity index (χ0) is 21.0. The molecule has 0 atom stereocenters. The van der Waals surface area contributed by atoms with Gasteiger partial charge in [-0.1, -0.05) is 50.0 Å².